The van der Waals surface area contributed by atoms with Gasteiger partial charge in [-0.15, -0.1) is 0 Å². The molecule has 2 aliphatic heterocycles. The van der Waals surface area contributed by atoms with Crippen LogP contribution in [0.1, 0.15) is 22.3 Å². The van der Waals surface area contributed by atoms with Crippen LogP contribution in [-0.4, -0.2) is 87.2 Å². The van der Waals surface area contributed by atoms with E-state index in [1.807, 2.05) is 52.3 Å². The molecular formula is C26H33N5O4. The summed E-state index contributed by atoms with van der Waals surface area (Å²) in [5.74, 6) is 0.0578. The molecule has 2 N–H and O–H groups in total. The Labute approximate surface area is 206 Å². The maximum absolute atomic E-state index is 13.0. The van der Waals surface area contributed by atoms with Crippen LogP contribution in [-0.2, 0) is 16.0 Å². The van der Waals surface area contributed by atoms with Gasteiger partial charge in [0.15, 0.2) is 0 Å². The van der Waals surface area contributed by atoms with Crippen LogP contribution in [0.25, 0.3) is 0 Å². The number of carbonyl (C=O) groups excluding carboxylic acids is 3. The van der Waals surface area contributed by atoms with E-state index in [9.17, 15) is 14.4 Å². The highest BCUT2D eigenvalue weighted by Gasteiger charge is 2.24. The Kier molecular flexibility index (Phi) is 8.20. The molecule has 0 bridgehead atoms. The summed E-state index contributed by atoms with van der Waals surface area (Å²) in [6, 6.07) is 15.2. The minimum Gasteiger partial charge on any atom is -0.453 e. The molecule has 2 heterocycles. The van der Waals surface area contributed by atoms with Crippen LogP contribution in [0.3, 0.4) is 0 Å². The third-order valence-corrected chi connectivity index (χ3v) is 6.46. The first-order valence-electron chi connectivity index (χ1n) is 12.1. The quantitative estimate of drug-likeness (QED) is 0.683. The van der Waals surface area contributed by atoms with E-state index >= 15 is 0 Å². The Morgan fingerprint density at radius 3 is 2.43 bits per heavy atom. The fourth-order valence-corrected chi connectivity index (χ4v) is 4.55. The summed E-state index contributed by atoms with van der Waals surface area (Å²) in [4.78, 5) is 43.8. The predicted octanol–water partition coefficient (Wildman–Crippen LogP) is 2.19. The number of nitrogens with zero attached hydrogens (tertiary/aromatic N) is 3. The van der Waals surface area contributed by atoms with E-state index in [0.29, 0.717) is 50.4 Å². The summed E-state index contributed by atoms with van der Waals surface area (Å²) < 4.78 is 4.82. The van der Waals surface area contributed by atoms with Crippen molar-refractivity contribution in [3.63, 3.8) is 0 Å². The van der Waals surface area contributed by atoms with Gasteiger partial charge in [0.25, 0.3) is 5.91 Å². The zero-order chi connectivity index (χ0) is 24.6. The van der Waals surface area contributed by atoms with Gasteiger partial charge in [-0.3, -0.25) is 14.9 Å². The van der Waals surface area contributed by atoms with Crippen LogP contribution in [0, 0.1) is 0 Å². The minimum atomic E-state index is -0.590. The topological polar surface area (TPSA) is 94.2 Å². The molecule has 2 fully saturated rings. The third-order valence-electron chi connectivity index (χ3n) is 6.46. The van der Waals surface area contributed by atoms with Gasteiger partial charge in [0.05, 0.1) is 24.9 Å². The van der Waals surface area contributed by atoms with Gasteiger partial charge in [-0.1, -0.05) is 30.3 Å². The SMILES string of the molecule is COC(=O)Nc1cc(C(=O)N2CCNCC2)ccc1N1CCCN(C(=O)Cc2ccccc2)CC1. The largest absolute Gasteiger partial charge is 0.453 e. The summed E-state index contributed by atoms with van der Waals surface area (Å²) in [6.07, 6.45) is 0.603. The fraction of sp³-hybridized carbons (Fsp3) is 0.423. The number of rotatable bonds is 5. The van der Waals surface area contributed by atoms with Crippen molar-refractivity contribution in [1.29, 1.82) is 0 Å². The first-order chi connectivity index (χ1) is 17.0. The summed E-state index contributed by atoms with van der Waals surface area (Å²) in [5.41, 5.74) is 2.87. The summed E-state index contributed by atoms with van der Waals surface area (Å²) in [6.45, 7) is 5.47. The van der Waals surface area contributed by atoms with Crippen LogP contribution in [0.5, 0.6) is 0 Å². The maximum atomic E-state index is 13.0. The first kappa shape index (κ1) is 24.5. The number of piperazine rings is 1. The molecule has 0 spiro atoms. The monoisotopic (exact) mass is 479 g/mol. The second kappa shape index (κ2) is 11.7. The number of anilines is 2. The Morgan fingerprint density at radius 1 is 0.914 bits per heavy atom. The second-order valence-corrected chi connectivity index (χ2v) is 8.77. The van der Waals surface area contributed by atoms with Gasteiger partial charge >= 0.3 is 6.09 Å². The zero-order valence-electron chi connectivity index (χ0n) is 20.2. The molecule has 186 valence electrons. The summed E-state index contributed by atoms with van der Waals surface area (Å²) in [7, 11) is 1.31. The average molecular weight is 480 g/mol. The third kappa shape index (κ3) is 6.30. The first-order valence-corrected chi connectivity index (χ1v) is 12.1. The summed E-state index contributed by atoms with van der Waals surface area (Å²) >= 11 is 0. The zero-order valence-corrected chi connectivity index (χ0v) is 20.2. The van der Waals surface area contributed by atoms with Gasteiger partial charge in [0, 0.05) is 57.9 Å². The van der Waals surface area contributed by atoms with Crippen molar-refractivity contribution < 1.29 is 19.1 Å². The number of benzene rings is 2. The fourth-order valence-electron chi connectivity index (χ4n) is 4.55. The summed E-state index contributed by atoms with van der Waals surface area (Å²) in [5, 5.41) is 6.02. The second-order valence-electron chi connectivity index (χ2n) is 8.77. The molecule has 0 atom stereocenters. The highest BCUT2D eigenvalue weighted by Crippen LogP contribution is 2.29. The van der Waals surface area contributed by atoms with Crippen molar-refractivity contribution in [2.45, 2.75) is 12.8 Å². The average Bonchev–Trinajstić information content (AvgIpc) is 3.15. The van der Waals surface area contributed by atoms with Gasteiger partial charge in [-0.25, -0.2) is 4.79 Å². The van der Waals surface area contributed by atoms with Crippen LogP contribution in [0.15, 0.2) is 48.5 Å². The lowest BCUT2D eigenvalue weighted by Crippen LogP contribution is -2.46. The van der Waals surface area contributed by atoms with Crippen molar-refractivity contribution in [1.82, 2.24) is 15.1 Å². The lowest BCUT2D eigenvalue weighted by atomic mass is 10.1. The molecule has 0 saturated carbocycles. The number of nitrogens with one attached hydrogen (secondary N) is 2. The van der Waals surface area contributed by atoms with E-state index in [-0.39, 0.29) is 11.8 Å². The number of amides is 3. The molecule has 0 aliphatic carbocycles. The highest BCUT2D eigenvalue weighted by molar-refractivity contribution is 5.98. The predicted molar refractivity (Wildman–Crippen MR) is 135 cm³/mol. The Hall–Kier alpha value is -3.59. The lowest BCUT2D eigenvalue weighted by Gasteiger charge is -2.29. The van der Waals surface area contributed by atoms with Crippen molar-refractivity contribution in [3.05, 3.63) is 59.7 Å². The Morgan fingerprint density at radius 2 is 1.69 bits per heavy atom. The standard InChI is InChI=1S/C26H33N5O4/c1-35-26(34)28-22-19-21(25(33)31-14-10-27-11-15-31)8-9-23(22)29-12-5-13-30(17-16-29)24(32)18-20-6-3-2-4-7-20/h2-4,6-9,19,27H,5,10-18H2,1H3,(H,28,34). The molecule has 4 rings (SSSR count). The van der Waals surface area contributed by atoms with Gasteiger partial charge in [0.2, 0.25) is 5.91 Å². The molecule has 0 radical (unpaired) electrons. The smallest absolute Gasteiger partial charge is 0.411 e. The van der Waals surface area contributed by atoms with E-state index in [1.165, 1.54) is 7.11 Å². The van der Waals surface area contributed by atoms with E-state index in [4.69, 9.17) is 4.74 Å². The number of carbonyl (C=O) groups is 3. The molecule has 2 aliphatic rings. The van der Waals surface area contributed by atoms with E-state index in [2.05, 4.69) is 15.5 Å². The Bertz CT molecular complexity index is 1040. The van der Waals surface area contributed by atoms with Gasteiger partial charge in [-0.2, -0.15) is 0 Å². The lowest BCUT2D eigenvalue weighted by molar-refractivity contribution is -0.130. The van der Waals surface area contributed by atoms with Gasteiger partial charge < -0.3 is 24.8 Å². The molecule has 2 aromatic rings. The van der Waals surface area contributed by atoms with Crippen LogP contribution >= 0.6 is 0 Å². The minimum absolute atomic E-state index is 0.0560. The van der Waals surface area contributed by atoms with E-state index in [1.54, 1.807) is 6.07 Å². The van der Waals surface area contributed by atoms with Crippen molar-refractivity contribution in [2.75, 3.05) is 69.7 Å². The number of methoxy groups -OCH3 is 1. The molecular weight excluding hydrogens is 446 g/mol. The maximum Gasteiger partial charge on any atom is 0.411 e. The van der Waals surface area contributed by atoms with Crippen LogP contribution in [0.2, 0.25) is 0 Å². The normalized spacial score (nSPS) is 16.4. The van der Waals surface area contributed by atoms with Crippen LogP contribution in [0.4, 0.5) is 16.2 Å². The molecule has 0 aromatic heterocycles. The van der Waals surface area contributed by atoms with Gasteiger partial charge in [0.1, 0.15) is 0 Å². The number of hydrogen-bond donors (Lipinski definition) is 2. The molecule has 2 saturated heterocycles. The number of hydrogen-bond acceptors (Lipinski definition) is 6. The van der Waals surface area contributed by atoms with E-state index < -0.39 is 6.09 Å². The Balaban J connectivity index is 1.48. The van der Waals surface area contributed by atoms with Crippen molar-refractivity contribution in [3.8, 4) is 0 Å². The van der Waals surface area contributed by atoms with Crippen LogP contribution < -0.4 is 15.5 Å². The highest BCUT2D eigenvalue weighted by atomic mass is 16.5. The van der Waals surface area contributed by atoms with E-state index in [0.717, 1.165) is 37.3 Å². The molecule has 3 amide bonds. The molecule has 35 heavy (non-hydrogen) atoms. The molecule has 9 nitrogen and oxygen atoms in total. The molecule has 0 unspecified atom stereocenters. The van der Waals surface area contributed by atoms with Gasteiger partial charge in [-0.05, 0) is 30.2 Å². The van der Waals surface area contributed by atoms with Crippen molar-refractivity contribution >= 4 is 29.3 Å². The molecule has 9 heteroatoms. The molecule has 2 aromatic carbocycles. The van der Waals surface area contributed by atoms with Crippen molar-refractivity contribution in [2.24, 2.45) is 0 Å². The number of ether oxygens (including phenoxy) is 1.